The van der Waals surface area contributed by atoms with Crippen LogP contribution in [0.2, 0.25) is 0 Å². The fourth-order valence-corrected chi connectivity index (χ4v) is 3.49. The van der Waals surface area contributed by atoms with E-state index in [9.17, 15) is 4.79 Å². The Morgan fingerprint density at radius 1 is 1.03 bits per heavy atom. The highest BCUT2D eigenvalue weighted by Gasteiger charge is 2.13. The molecule has 150 valence electrons. The summed E-state index contributed by atoms with van der Waals surface area (Å²) in [6.07, 6.45) is 7.92. The molecule has 0 bridgehead atoms. The van der Waals surface area contributed by atoms with Crippen molar-refractivity contribution in [3.8, 4) is 11.3 Å². The molecule has 6 heteroatoms. The summed E-state index contributed by atoms with van der Waals surface area (Å²) in [6.45, 7) is 4.16. The molecule has 3 aromatic rings. The zero-order chi connectivity index (χ0) is 20.1. The molecule has 1 N–H and O–H groups in total. The highest BCUT2D eigenvalue weighted by atomic mass is 16.4. The number of pyridine rings is 1. The van der Waals surface area contributed by atoms with E-state index < -0.39 is 0 Å². The highest BCUT2D eigenvalue weighted by molar-refractivity contribution is 5.90. The highest BCUT2D eigenvalue weighted by Crippen LogP contribution is 2.22. The van der Waals surface area contributed by atoms with Crippen LogP contribution in [0, 0.1) is 6.92 Å². The summed E-state index contributed by atoms with van der Waals surface area (Å²) in [5.41, 5.74) is 2.89. The first kappa shape index (κ1) is 19.2. The molecule has 1 fully saturated rings. The van der Waals surface area contributed by atoms with E-state index in [0.717, 1.165) is 30.2 Å². The second-order valence-corrected chi connectivity index (χ2v) is 7.49. The number of oxazole rings is 1. The standard InChI is InChI=1S/C23H26N4O2/c1-17-5-7-18(8-6-17)20-16-25-23(29-20)12-11-22(28)26-19-9-10-21(24-15-19)27-13-3-2-4-14-27/h5-10,15-16H,2-4,11-14H2,1H3,(H,26,28). The lowest BCUT2D eigenvalue weighted by molar-refractivity contribution is -0.116. The normalized spacial score (nSPS) is 14.0. The van der Waals surface area contributed by atoms with Crippen molar-refractivity contribution < 1.29 is 9.21 Å². The van der Waals surface area contributed by atoms with Gasteiger partial charge in [0.1, 0.15) is 5.82 Å². The summed E-state index contributed by atoms with van der Waals surface area (Å²) in [5.74, 6) is 2.19. The Kier molecular flexibility index (Phi) is 5.89. The molecule has 0 aliphatic carbocycles. The largest absolute Gasteiger partial charge is 0.441 e. The predicted molar refractivity (Wildman–Crippen MR) is 114 cm³/mol. The van der Waals surface area contributed by atoms with Crippen molar-refractivity contribution in [2.24, 2.45) is 0 Å². The first-order valence-corrected chi connectivity index (χ1v) is 10.2. The number of carbonyl (C=O) groups excluding carboxylic acids is 1. The van der Waals surface area contributed by atoms with E-state index in [4.69, 9.17) is 4.42 Å². The molecule has 1 saturated heterocycles. The Bertz CT molecular complexity index is 942. The minimum absolute atomic E-state index is 0.0763. The van der Waals surface area contributed by atoms with Gasteiger partial charge in [-0.3, -0.25) is 4.79 Å². The molecular formula is C23H26N4O2. The van der Waals surface area contributed by atoms with Crippen LogP contribution < -0.4 is 10.2 Å². The van der Waals surface area contributed by atoms with Crippen molar-refractivity contribution in [1.82, 2.24) is 9.97 Å². The summed E-state index contributed by atoms with van der Waals surface area (Å²) in [6, 6.07) is 12.0. The lowest BCUT2D eigenvalue weighted by Gasteiger charge is -2.27. The van der Waals surface area contributed by atoms with Gasteiger partial charge in [-0.1, -0.05) is 29.8 Å². The van der Waals surface area contributed by atoms with Gasteiger partial charge in [-0.25, -0.2) is 9.97 Å². The first-order chi connectivity index (χ1) is 14.2. The van der Waals surface area contributed by atoms with E-state index in [-0.39, 0.29) is 5.91 Å². The molecule has 3 heterocycles. The number of amides is 1. The number of benzene rings is 1. The van der Waals surface area contributed by atoms with Gasteiger partial charge in [-0.05, 0) is 38.3 Å². The maximum Gasteiger partial charge on any atom is 0.224 e. The van der Waals surface area contributed by atoms with E-state index in [2.05, 4.69) is 20.2 Å². The summed E-state index contributed by atoms with van der Waals surface area (Å²) in [4.78, 5) is 23.4. The summed E-state index contributed by atoms with van der Waals surface area (Å²) in [7, 11) is 0. The number of piperidine rings is 1. The number of aromatic nitrogens is 2. The molecule has 0 unspecified atom stereocenters. The van der Waals surface area contributed by atoms with Crippen LogP contribution in [0.3, 0.4) is 0 Å². The monoisotopic (exact) mass is 390 g/mol. The van der Waals surface area contributed by atoms with E-state index in [1.165, 1.54) is 24.8 Å². The topological polar surface area (TPSA) is 71.3 Å². The summed E-state index contributed by atoms with van der Waals surface area (Å²) >= 11 is 0. The fourth-order valence-electron chi connectivity index (χ4n) is 3.49. The van der Waals surface area contributed by atoms with Crippen LogP contribution in [0.15, 0.2) is 53.2 Å². The smallest absolute Gasteiger partial charge is 0.224 e. The number of hydrogen-bond acceptors (Lipinski definition) is 5. The van der Waals surface area contributed by atoms with E-state index in [0.29, 0.717) is 24.4 Å². The van der Waals surface area contributed by atoms with Crippen molar-refractivity contribution in [3.05, 3.63) is 60.2 Å². The second-order valence-electron chi connectivity index (χ2n) is 7.49. The molecule has 1 aliphatic heterocycles. The SMILES string of the molecule is Cc1ccc(-c2cnc(CCC(=O)Nc3ccc(N4CCCCC4)nc3)o2)cc1. The molecule has 0 atom stereocenters. The van der Waals surface area contributed by atoms with Crippen LogP contribution in [0.4, 0.5) is 11.5 Å². The zero-order valence-corrected chi connectivity index (χ0v) is 16.7. The zero-order valence-electron chi connectivity index (χ0n) is 16.7. The molecule has 4 rings (SSSR count). The summed E-state index contributed by atoms with van der Waals surface area (Å²) in [5, 5.41) is 2.90. The molecule has 29 heavy (non-hydrogen) atoms. The molecular weight excluding hydrogens is 364 g/mol. The number of rotatable bonds is 6. The maximum absolute atomic E-state index is 12.3. The Balaban J connectivity index is 1.28. The molecule has 1 amide bonds. The van der Waals surface area contributed by atoms with E-state index >= 15 is 0 Å². The molecule has 1 aliphatic rings. The van der Waals surface area contributed by atoms with Gasteiger partial charge in [0.2, 0.25) is 5.91 Å². The lowest BCUT2D eigenvalue weighted by atomic mass is 10.1. The van der Waals surface area contributed by atoms with Crippen LogP contribution in [0.1, 0.15) is 37.1 Å². The predicted octanol–water partition coefficient (Wildman–Crippen LogP) is 4.61. The average molecular weight is 390 g/mol. The summed E-state index contributed by atoms with van der Waals surface area (Å²) < 4.78 is 5.78. The van der Waals surface area contributed by atoms with E-state index in [1.54, 1.807) is 12.4 Å². The average Bonchev–Trinajstić information content (AvgIpc) is 3.23. The van der Waals surface area contributed by atoms with Crippen molar-refractivity contribution >= 4 is 17.4 Å². The lowest BCUT2D eigenvalue weighted by Crippen LogP contribution is -2.30. The Hall–Kier alpha value is -3.15. The number of aryl methyl sites for hydroxylation is 2. The number of nitrogens with one attached hydrogen (secondary N) is 1. The number of carbonyl (C=O) groups is 1. The molecule has 0 spiro atoms. The Morgan fingerprint density at radius 3 is 2.55 bits per heavy atom. The molecule has 0 saturated carbocycles. The van der Waals surface area contributed by atoms with Gasteiger partial charge in [0.25, 0.3) is 0 Å². The first-order valence-electron chi connectivity index (χ1n) is 10.2. The fraction of sp³-hybridized carbons (Fsp3) is 0.348. The Labute approximate surface area is 171 Å². The van der Waals surface area contributed by atoms with Crippen molar-refractivity contribution in [1.29, 1.82) is 0 Å². The van der Waals surface area contributed by atoms with Gasteiger partial charge in [-0.15, -0.1) is 0 Å². The van der Waals surface area contributed by atoms with Crippen LogP contribution in [0.25, 0.3) is 11.3 Å². The Morgan fingerprint density at radius 2 is 1.83 bits per heavy atom. The maximum atomic E-state index is 12.3. The minimum atomic E-state index is -0.0763. The van der Waals surface area contributed by atoms with Gasteiger partial charge in [0.15, 0.2) is 11.7 Å². The van der Waals surface area contributed by atoms with Crippen molar-refractivity contribution in [3.63, 3.8) is 0 Å². The van der Waals surface area contributed by atoms with Gasteiger partial charge < -0.3 is 14.6 Å². The molecule has 2 aromatic heterocycles. The van der Waals surface area contributed by atoms with Crippen LogP contribution in [-0.4, -0.2) is 29.0 Å². The van der Waals surface area contributed by atoms with Gasteiger partial charge in [-0.2, -0.15) is 0 Å². The molecule has 1 aromatic carbocycles. The second kappa shape index (κ2) is 8.90. The van der Waals surface area contributed by atoms with Crippen LogP contribution in [0.5, 0.6) is 0 Å². The number of hydrogen-bond donors (Lipinski definition) is 1. The third kappa shape index (κ3) is 5.02. The molecule has 6 nitrogen and oxygen atoms in total. The van der Waals surface area contributed by atoms with Gasteiger partial charge in [0, 0.05) is 31.5 Å². The van der Waals surface area contributed by atoms with Crippen molar-refractivity contribution in [2.75, 3.05) is 23.3 Å². The van der Waals surface area contributed by atoms with Gasteiger partial charge >= 0.3 is 0 Å². The van der Waals surface area contributed by atoms with E-state index in [1.807, 2.05) is 43.3 Å². The number of nitrogens with zero attached hydrogens (tertiary/aromatic N) is 3. The third-order valence-corrected chi connectivity index (χ3v) is 5.17. The molecule has 0 radical (unpaired) electrons. The third-order valence-electron chi connectivity index (χ3n) is 5.17. The quantitative estimate of drug-likeness (QED) is 0.666. The van der Waals surface area contributed by atoms with Crippen LogP contribution in [-0.2, 0) is 11.2 Å². The van der Waals surface area contributed by atoms with Crippen molar-refractivity contribution in [2.45, 2.75) is 39.0 Å². The van der Waals surface area contributed by atoms with Crippen LogP contribution >= 0.6 is 0 Å². The van der Waals surface area contributed by atoms with Gasteiger partial charge in [0.05, 0.1) is 18.1 Å². The minimum Gasteiger partial charge on any atom is -0.441 e. The number of anilines is 2.